The molecule has 0 spiro atoms. The van der Waals surface area contributed by atoms with E-state index in [-0.39, 0.29) is 18.6 Å². The average molecular weight is 463 g/mol. The maximum Gasteiger partial charge on any atom is 0.453 e. The number of amides is 1. The molecular formula is C22H24F3N5O3. The summed E-state index contributed by atoms with van der Waals surface area (Å²) in [5.74, 6) is -2.44. The molecule has 1 N–H and O–H groups in total. The zero-order valence-corrected chi connectivity index (χ0v) is 18.5. The van der Waals surface area contributed by atoms with E-state index in [9.17, 15) is 22.8 Å². The van der Waals surface area contributed by atoms with Gasteiger partial charge in [-0.1, -0.05) is 24.3 Å². The Balaban J connectivity index is 1.50. The number of halogens is 3. The van der Waals surface area contributed by atoms with E-state index in [1.807, 2.05) is 31.2 Å². The Morgan fingerprint density at radius 3 is 2.52 bits per heavy atom. The highest BCUT2D eigenvalue weighted by atomic mass is 19.4. The zero-order chi connectivity index (χ0) is 24.2. The lowest BCUT2D eigenvalue weighted by Crippen LogP contribution is -2.30. The third kappa shape index (κ3) is 6.05. The van der Waals surface area contributed by atoms with Crippen LogP contribution in [-0.4, -0.2) is 44.6 Å². The quantitative estimate of drug-likeness (QED) is 0.516. The van der Waals surface area contributed by atoms with Crippen LogP contribution in [0.4, 0.5) is 13.2 Å². The number of nitrogens with one attached hydrogen (secondary N) is 1. The monoisotopic (exact) mass is 463 g/mol. The lowest BCUT2D eigenvalue weighted by Gasteiger charge is -2.10. The summed E-state index contributed by atoms with van der Waals surface area (Å²) < 4.78 is 44.7. The number of fused-ring (bicyclic) bond motifs is 1. The van der Waals surface area contributed by atoms with Crippen molar-refractivity contribution in [1.29, 1.82) is 0 Å². The second-order valence-corrected chi connectivity index (χ2v) is 7.59. The summed E-state index contributed by atoms with van der Waals surface area (Å²) in [6.45, 7) is 5.22. The number of benzene rings is 1. The summed E-state index contributed by atoms with van der Waals surface area (Å²) in [6.07, 6.45) is -3.90. The number of hydrogen-bond donors (Lipinski definition) is 1. The van der Waals surface area contributed by atoms with Crippen LogP contribution < -0.4 is 5.32 Å². The van der Waals surface area contributed by atoms with E-state index in [0.29, 0.717) is 29.9 Å². The van der Waals surface area contributed by atoms with Crippen LogP contribution in [0.15, 0.2) is 24.3 Å². The highest BCUT2D eigenvalue weighted by Gasteiger charge is 2.37. The molecule has 176 valence electrons. The first-order chi connectivity index (χ1) is 15.6. The second-order valence-electron chi connectivity index (χ2n) is 7.59. The van der Waals surface area contributed by atoms with E-state index < -0.39 is 30.5 Å². The van der Waals surface area contributed by atoms with Gasteiger partial charge in [0, 0.05) is 24.4 Å². The number of alkyl halides is 3. The van der Waals surface area contributed by atoms with Crippen LogP contribution in [0, 0.1) is 20.8 Å². The van der Waals surface area contributed by atoms with Crippen molar-refractivity contribution in [3.8, 4) is 0 Å². The van der Waals surface area contributed by atoms with Crippen molar-refractivity contribution in [2.24, 2.45) is 0 Å². The van der Waals surface area contributed by atoms with Gasteiger partial charge in [0.1, 0.15) is 0 Å². The van der Waals surface area contributed by atoms with Crippen LogP contribution >= 0.6 is 0 Å². The van der Waals surface area contributed by atoms with Gasteiger partial charge in [0.2, 0.25) is 0 Å². The van der Waals surface area contributed by atoms with Crippen molar-refractivity contribution >= 4 is 17.7 Å². The molecule has 0 unspecified atom stereocenters. The minimum atomic E-state index is -4.68. The predicted molar refractivity (Wildman–Crippen MR) is 112 cm³/mol. The Morgan fingerprint density at radius 1 is 1.09 bits per heavy atom. The summed E-state index contributed by atoms with van der Waals surface area (Å²) >= 11 is 0. The zero-order valence-electron chi connectivity index (χ0n) is 18.5. The molecule has 3 rings (SSSR count). The van der Waals surface area contributed by atoms with E-state index in [1.165, 1.54) is 0 Å². The Labute approximate surface area is 188 Å². The highest BCUT2D eigenvalue weighted by Crippen LogP contribution is 2.27. The Kier molecular flexibility index (Phi) is 7.29. The van der Waals surface area contributed by atoms with Gasteiger partial charge >= 0.3 is 12.1 Å². The first kappa shape index (κ1) is 24.1. The van der Waals surface area contributed by atoms with E-state index in [0.717, 1.165) is 15.6 Å². The SMILES string of the molecule is Cc1ccccc1CCNC(=O)COC(=O)CCc1c(C)nc2nc(C(F)(F)F)nn2c1C. The summed E-state index contributed by atoms with van der Waals surface area (Å²) in [5, 5.41) is 6.18. The first-order valence-electron chi connectivity index (χ1n) is 10.3. The molecule has 2 heterocycles. The Bertz CT molecular complexity index is 1170. The van der Waals surface area contributed by atoms with Gasteiger partial charge in [-0.3, -0.25) is 9.59 Å². The maximum absolute atomic E-state index is 12.9. The second kappa shape index (κ2) is 9.97. The molecule has 33 heavy (non-hydrogen) atoms. The smallest absolute Gasteiger partial charge is 0.453 e. The fourth-order valence-corrected chi connectivity index (χ4v) is 3.41. The number of nitrogens with zero attached hydrogens (tertiary/aromatic N) is 4. The largest absolute Gasteiger partial charge is 0.456 e. The maximum atomic E-state index is 12.9. The van der Waals surface area contributed by atoms with Gasteiger partial charge in [-0.05, 0) is 50.3 Å². The molecule has 0 bridgehead atoms. The highest BCUT2D eigenvalue weighted by molar-refractivity contribution is 5.80. The third-order valence-electron chi connectivity index (χ3n) is 5.22. The molecule has 0 aliphatic carbocycles. The summed E-state index contributed by atoms with van der Waals surface area (Å²) in [5.41, 5.74) is 3.68. The standard InChI is InChI=1S/C22H24F3N5O3/c1-13-6-4-5-7-16(13)10-11-26-18(31)12-33-19(32)9-8-17-14(2)27-21-28-20(22(23,24)25)29-30(21)15(17)3/h4-7H,8-12H2,1-3H3,(H,26,31). The van der Waals surface area contributed by atoms with Crippen LogP contribution in [0.5, 0.6) is 0 Å². The molecule has 0 atom stereocenters. The van der Waals surface area contributed by atoms with Crippen molar-refractivity contribution in [3.63, 3.8) is 0 Å². The van der Waals surface area contributed by atoms with E-state index in [4.69, 9.17) is 4.74 Å². The van der Waals surface area contributed by atoms with Crippen LogP contribution in [-0.2, 0) is 33.3 Å². The number of carbonyl (C=O) groups is 2. The number of esters is 1. The molecule has 1 amide bonds. The summed E-state index contributed by atoms with van der Waals surface area (Å²) in [4.78, 5) is 31.5. The molecule has 0 saturated carbocycles. The molecule has 1 aromatic carbocycles. The molecule has 2 aromatic heterocycles. The Hall–Kier alpha value is -3.50. The molecule has 3 aromatic rings. The number of hydrogen-bond acceptors (Lipinski definition) is 6. The molecular weight excluding hydrogens is 439 g/mol. The van der Waals surface area contributed by atoms with Gasteiger partial charge in [0.25, 0.3) is 17.5 Å². The van der Waals surface area contributed by atoms with Gasteiger partial charge in [-0.15, -0.1) is 5.10 Å². The number of ether oxygens (including phenoxy) is 1. The molecule has 0 fully saturated rings. The van der Waals surface area contributed by atoms with Crippen molar-refractivity contribution in [2.45, 2.75) is 46.2 Å². The molecule has 0 saturated heterocycles. The number of rotatable bonds is 8. The minimum Gasteiger partial charge on any atom is -0.456 e. The summed E-state index contributed by atoms with van der Waals surface area (Å²) in [7, 11) is 0. The van der Waals surface area contributed by atoms with Crippen molar-refractivity contribution in [1.82, 2.24) is 24.9 Å². The topological polar surface area (TPSA) is 98.5 Å². The predicted octanol–water partition coefficient (Wildman–Crippen LogP) is 2.90. The minimum absolute atomic E-state index is 0.0633. The van der Waals surface area contributed by atoms with Crippen LogP contribution in [0.1, 0.15) is 40.3 Å². The van der Waals surface area contributed by atoms with Gasteiger partial charge in [-0.25, -0.2) is 9.50 Å². The van der Waals surface area contributed by atoms with Gasteiger partial charge in [0.05, 0.1) is 0 Å². The van der Waals surface area contributed by atoms with Crippen molar-refractivity contribution in [3.05, 3.63) is 58.2 Å². The van der Waals surface area contributed by atoms with Crippen LogP contribution in [0.2, 0.25) is 0 Å². The molecule has 0 aliphatic heterocycles. The van der Waals surface area contributed by atoms with Crippen LogP contribution in [0.25, 0.3) is 5.78 Å². The van der Waals surface area contributed by atoms with Crippen molar-refractivity contribution < 1.29 is 27.5 Å². The third-order valence-corrected chi connectivity index (χ3v) is 5.22. The number of aromatic nitrogens is 4. The molecule has 0 radical (unpaired) electrons. The first-order valence-corrected chi connectivity index (χ1v) is 10.3. The number of carbonyl (C=O) groups excluding carboxylic acids is 2. The fraction of sp³-hybridized carbons (Fsp3) is 0.409. The van der Waals surface area contributed by atoms with Crippen LogP contribution in [0.3, 0.4) is 0 Å². The normalized spacial score (nSPS) is 11.6. The number of aryl methyl sites for hydroxylation is 3. The molecule has 11 heteroatoms. The van der Waals surface area contributed by atoms with E-state index >= 15 is 0 Å². The van der Waals surface area contributed by atoms with Gasteiger partial charge in [0.15, 0.2) is 6.61 Å². The lowest BCUT2D eigenvalue weighted by molar-refractivity contribution is -0.148. The fourth-order valence-electron chi connectivity index (χ4n) is 3.41. The van der Waals surface area contributed by atoms with Gasteiger partial charge < -0.3 is 10.1 Å². The molecule has 0 aliphatic rings. The average Bonchev–Trinajstić information content (AvgIpc) is 3.18. The Morgan fingerprint density at radius 2 is 1.82 bits per heavy atom. The summed E-state index contributed by atoms with van der Waals surface area (Å²) in [6, 6.07) is 7.86. The van der Waals surface area contributed by atoms with Gasteiger partial charge in [-0.2, -0.15) is 18.2 Å². The van der Waals surface area contributed by atoms with E-state index in [2.05, 4.69) is 20.4 Å². The van der Waals surface area contributed by atoms with E-state index in [1.54, 1.807) is 13.8 Å². The lowest BCUT2D eigenvalue weighted by atomic mass is 10.1. The molecule has 8 nitrogen and oxygen atoms in total. The van der Waals surface area contributed by atoms with Crippen molar-refractivity contribution in [2.75, 3.05) is 13.2 Å².